The number of carbonyl (C=O) groups excluding carboxylic acids is 2. The monoisotopic (exact) mass is 761 g/mol. The number of phosphoric ester groups is 1. The predicted octanol–water partition coefficient (Wildman–Crippen LogP) is 10.6. The Bertz CT molecular complexity index is 925. The first-order valence-electron chi connectivity index (χ1n) is 20.8. The number of carbonyl (C=O) groups is 2. The van der Waals surface area contributed by atoms with E-state index in [0.717, 1.165) is 64.2 Å². The zero-order chi connectivity index (χ0) is 38.4. The lowest BCUT2D eigenvalue weighted by atomic mass is 10.1. The van der Waals surface area contributed by atoms with E-state index < -0.39 is 58.4 Å². The Hall–Kier alpha value is -1.55. The van der Waals surface area contributed by atoms with Crippen LogP contribution in [0.4, 0.5) is 0 Å². The standard InChI is InChI=1S/C41H77O10P/c1-3-5-7-9-11-13-15-16-17-18-19-20-21-23-25-27-29-31-33-41(45)51-39(35-43)37-49-52(46,47)48-36-38(34-42)50-40(44)32-30-28-26-24-22-14-12-10-8-6-4-2/h10,12,17-18,38-39,42-43H,3-9,11,13-16,19-37H2,1-2H3,(H,46,47)/b12-10-,18-17-. The molecule has 0 aromatic carbocycles. The Morgan fingerprint density at radius 2 is 0.808 bits per heavy atom. The molecular formula is C41H77O10P. The van der Waals surface area contributed by atoms with Gasteiger partial charge >= 0.3 is 19.8 Å². The van der Waals surface area contributed by atoms with Gasteiger partial charge in [0, 0.05) is 12.8 Å². The summed E-state index contributed by atoms with van der Waals surface area (Å²) in [6, 6.07) is 0. The van der Waals surface area contributed by atoms with Crippen LogP contribution >= 0.6 is 7.82 Å². The summed E-state index contributed by atoms with van der Waals surface area (Å²) in [5.41, 5.74) is 0. The van der Waals surface area contributed by atoms with E-state index in [-0.39, 0.29) is 12.8 Å². The van der Waals surface area contributed by atoms with Gasteiger partial charge in [-0.05, 0) is 57.8 Å². The van der Waals surface area contributed by atoms with E-state index in [2.05, 4.69) is 38.2 Å². The van der Waals surface area contributed by atoms with Gasteiger partial charge in [0.15, 0.2) is 0 Å². The summed E-state index contributed by atoms with van der Waals surface area (Å²) in [6.07, 6.45) is 35.8. The number of phosphoric acid groups is 1. The average Bonchev–Trinajstić information content (AvgIpc) is 3.13. The molecular weight excluding hydrogens is 683 g/mol. The van der Waals surface area contributed by atoms with E-state index >= 15 is 0 Å². The molecule has 0 heterocycles. The van der Waals surface area contributed by atoms with Crippen LogP contribution < -0.4 is 0 Å². The molecule has 10 nitrogen and oxygen atoms in total. The van der Waals surface area contributed by atoms with Crippen molar-refractivity contribution in [3.63, 3.8) is 0 Å². The Kier molecular flexibility index (Phi) is 36.6. The van der Waals surface area contributed by atoms with Gasteiger partial charge in [0.25, 0.3) is 0 Å². The molecule has 0 amide bonds. The molecule has 0 bridgehead atoms. The second-order valence-electron chi connectivity index (χ2n) is 14.0. The third-order valence-electron chi connectivity index (χ3n) is 8.89. The molecule has 0 saturated heterocycles. The van der Waals surface area contributed by atoms with E-state index in [4.69, 9.17) is 18.5 Å². The number of esters is 2. The van der Waals surface area contributed by atoms with Crippen molar-refractivity contribution in [2.75, 3.05) is 26.4 Å². The van der Waals surface area contributed by atoms with Crippen LogP contribution in [0, 0.1) is 0 Å². The fourth-order valence-electron chi connectivity index (χ4n) is 5.62. The molecule has 0 aromatic heterocycles. The molecule has 0 radical (unpaired) electrons. The number of ether oxygens (including phenoxy) is 2. The number of aliphatic hydroxyl groups excluding tert-OH is 2. The maximum absolute atomic E-state index is 12.3. The lowest BCUT2D eigenvalue weighted by Gasteiger charge is -2.20. The highest BCUT2D eigenvalue weighted by Crippen LogP contribution is 2.43. The molecule has 0 rings (SSSR count). The number of hydrogen-bond donors (Lipinski definition) is 3. The molecule has 0 fully saturated rings. The summed E-state index contributed by atoms with van der Waals surface area (Å²) in [5, 5.41) is 19.1. The third kappa shape index (κ3) is 35.5. The maximum Gasteiger partial charge on any atom is 0.472 e. The molecule has 3 atom stereocenters. The largest absolute Gasteiger partial charge is 0.472 e. The van der Waals surface area contributed by atoms with Crippen molar-refractivity contribution in [3.05, 3.63) is 24.3 Å². The van der Waals surface area contributed by atoms with E-state index in [1.807, 2.05) is 0 Å². The summed E-state index contributed by atoms with van der Waals surface area (Å²) in [5.74, 6) is -1.03. The van der Waals surface area contributed by atoms with Gasteiger partial charge in [-0.1, -0.05) is 141 Å². The van der Waals surface area contributed by atoms with Crippen LogP contribution in [0.5, 0.6) is 0 Å². The normalized spacial score (nSPS) is 14.2. The Labute approximate surface area is 317 Å². The minimum absolute atomic E-state index is 0.182. The predicted molar refractivity (Wildman–Crippen MR) is 210 cm³/mol. The minimum Gasteiger partial charge on any atom is -0.457 e. The highest BCUT2D eigenvalue weighted by molar-refractivity contribution is 7.47. The van der Waals surface area contributed by atoms with Crippen molar-refractivity contribution in [2.24, 2.45) is 0 Å². The zero-order valence-corrected chi connectivity index (χ0v) is 33.9. The summed E-state index contributed by atoms with van der Waals surface area (Å²) < 4.78 is 32.5. The fraction of sp³-hybridized carbons (Fsp3) is 0.854. The second-order valence-corrected chi connectivity index (χ2v) is 15.4. The number of hydrogen-bond acceptors (Lipinski definition) is 9. The van der Waals surface area contributed by atoms with Crippen molar-refractivity contribution in [1.82, 2.24) is 0 Å². The molecule has 0 saturated carbocycles. The lowest BCUT2D eigenvalue weighted by molar-refractivity contribution is -0.153. The van der Waals surface area contributed by atoms with E-state index in [0.29, 0.717) is 12.8 Å². The van der Waals surface area contributed by atoms with Gasteiger partial charge < -0.3 is 24.6 Å². The molecule has 11 heteroatoms. The van der Waals surface area contributed by atoms with Gasteiger partial charge in [0.05, 0.1) is 26.4 Å². The molecule has 52 heavy (non-hydrogen) atoms. The van der Waals surface area contributed by atoms with Crippen LogP contribution in [0.2, 0.25) is 0 Å². The van der Waals surface area contributed by atoms with Gasteiger partial charge in [-0.2, -0.15) is 0 Å². The van der Waals surface area contributed by atoms with E-state index in [9.17, 15) is 29.3 Å². The molecule has 0 aliphatic rings. The lowest BCUT2D eigenvalue weighted by Crippen LogP contribution is -2.28. The number of allylic oxidation sites excluding steroid dienone is 4. The van der Waals surface area contributed by atoms with Gasteiger partial charge in [0.1, 0.15) is 12.2 Å². The molecule has 0 spiro atoms. The highest BCUT2D eigenvalue weighted by Gasteiger charge is 2.27. The van der Waals surface area contributed by atoms with E-state index in [1.54, 1.807) is 0 Å². The van der Waals surface area contributed by atoms with Crippen LogP contribution in [-0.4, -0.2) is 65.7 Å². The number of aliphatic hydroxyl groups is 2. The first-order valence-corrected chi connectivity index (χ1v) is 22.3. The summed E-state index contributed by atoms with van der Waals surface area (Å²) in [6.45, 7) is 2.15. The topological polar surface area (TPSA) is 149 Å². The third-order valence-corrected chi connectivity index (χ3v) is 9.84. The quantitative estimate of drug-likeness (QED) is 0.0239. The van der Waals surface area contributed by atoms with Gasteiger partial charge in [0.2, 0.25) is 0 Å². The smallest absolute Gasteiger partial charge is 0.457 e. The Balaban J connectivity index is 3.93. The van der Waals surface area contributed by atoms with Crippen LogP contribution in [-0.2, 0) is 32.7 Å². The van der Waals surface area contributed by atoms with Crippen molar-refractivity contribution in [1.29, 1.82) is 0 Å². The molecule has 306 valence electrons. The molecule has 0 aromatic rings. The molecule has 0 aliphatic heterocycles. The van der Waals surface area contributed by atoms with Crippen molar-refractivity contribution in [3.8, 4) is 0 Å². The van der Waals surface area contributed by atoms with E-state index in [1.165, 1.54) is 83.5 Å². The highest BCUT2D eigenvalue weighted by atomic mass is 31.2. The fourth-order valence-corrected chi connectivity index (χ4v) is 6.40. The van der Waals surface area contributed by atoms with Crippen LogP contribution in [0.15, 0.2) is 24.3 Å². The summed E-state index contributed by atoms with van der Waals surface area (Å²) in [7, 11) is -4.63. The van der Waals surface area contributed by atoms with Gasteiger partial charge in [-0.15, -0.1) is 0 Å². The first kappa shape index (κ1) is 50.5. The van der Waals surface area contributed by atoms with Crippen molar-refractivity contribution in [2.45, 2.75) is 199 Å². The van der Waals surface area contributed by atoms with Crippen LogP contribution in [0.25, 0.3) is 0 Å². The molecule has 0 aliphatic carbocycles. The Morgan fingerprint density at radius 3 is 1.15 bits per heavy atom. The SMILES string of the molecule is CCCC/C=C\CCCCCCCC(=O)OC(CO)COP(=O)(O)OCC(CO)OC(=O)CCCCCCCCC/C=C\CCCCCCCCC. The van der Waals surface area contributed by atoms with Crippen LogP contribution in [0.1, 0.15) is 187 Å². The average molecular weight is 761 g/mol. The molecule has 3 unspecified atom stereocenters. The first-order chi connectivity index (χ1) is 25.3. The van der Waals surface area contributed by atoms with Gasteiger partial charge in [-0.3, -0.25) is 18.6 Å². The number of rotatable bonds is 39. The summed E-state index contributed by atoms with van der Waals surface area (Å²) in [4.78, 5) is 34.4. The minimum atomic E-state index is -4.63. The second kappa shape index (κ2) is 37.8. The molecule has 3 N–H and O–H groups in total. The van der Waals surface area contributed by atoms with Crippen molar-refractivity contribution < 1.29 is 47.8 Å². The maximum atomic E-state index is 12.3. The van der Waals surface area contributed by atoms with Gasteiger partial charge in [-0.25, -0.2) is 4.57 Å². The van der Waals surface area contributed by atoms with Crippen molar-refractivity contribution >= 4 is 19.8 Å². The zero-order valence-electron chi connectivity index (χ0n) is 33.0. The van der Waals surface area contributed by atoms with Crippen LogP contribution in [0.3, 0.4) is 0 Å². The Morgan fingerprint density at radius 1 is 0.500 bits per heavy atom. The number of unbranched alkanes of at least 4 members (excludes halogenated alkanes) is 21. The summed E-state index contributed by atoms with van der Waals surface area (Å²) >= 11 is 0.